The molecule has 2 aliphatic heterocycles. The Kier molecular flexibility index (Phi) is 10.2. The van der Waals surface area contributed by atoms with Crippen LogP contribution in [0.5, 0.6) is 5.75 Å². The number of pyridine rings is 1. The van der Waals surface area contributed by atoms with Gasteiger partial charge < -0.3 is 43.7 Å². The summed E-state index contributed by atoms with van der Waals surface area (Å²) in [7, 11) is 1.51. The molecule has 2 aliphatic rings. The average molecular weight is 788 g/mol. The number of methoxy groups -OCH3 is 1. The van der Waals surface area contributed by atoms with E-state index in [1.807, 2.05) is 39.0 Å². The number of fused-ring (bicyclic) bond motifs is 4. The van der Waals surface area contributed by atoms with Crippen LogP contribution < -0.4 is 20.7 Å². The molecule has 3 amide bonds. The SMILES string of the molecule is CC.[CH2-]C([CH2-])(C)NC(=O)c1cnc2c3c(oc2c1)C(=O)N(CCOC)C1(CO3)Nc2cccc(C)c2CNC1=O.[U+2]. The predicted molar refractivity (Wildman–Crippen MR) is 150 cm³/mol. The van der Waals surface area contributed by atoms with Gasteiger partial charge in [0.2, 0.25) is 17.3 Å². The summed E-state index contributed by atoms with van der Waals surface area (Å²) in [6.45, 7) is 15.5. The fourth-order valence-electron chi connectivity index (χ4n) is 4.67. The molecule has 0 fully saturated rings. The van der Waals surface area contributed by atoms with Gasteiger partial charge in [-0.2, -0.15) is 0 Å². The summed E-state index contributed by atoms with van der Waals surface area (Å²) in [4.78, 5) is 45.9. The Morgan fingerprint density at radius 3 is 2.71 bits per heavy atom. The second-order valence-electron chi connectivity index (χ2n) is 9.85. The van der Waals surface area contributed by atoms with E-state index in [9.17, 15) is 14.4 Å². The molecule has 5 rings (SSSR count). The number of amides is 3. The first-order valence-electron chi connectivity index (χ1n) is 13.1. The molecule has 3 N–H and O–H groups in total. The topological polar surface area (TPSA) is 135 Å². The molecule has 1 unspecified atom stereocenters. The minimum Gasteiger partial charge on any atom is -0.482 e. The average Bonchev–Trinajstić information content (AvgIpc) is 3.15. The number of carbonyl (C=O) groups excluding carboxylic acids is 3. The van der Waals surface area contributed by atoms with Gasteiger partial charge in [0.05, 0.1) is 12.2 Å². The third-order valence-corrected chi connectivity index (χ3v) is 6.56. The molecular weight excluding hydrogens is 752 g/mol. The van der Waals surface area contributed by atoms with Gasteiger partial charge >= 0.3 is 31.1 Å². The minimum absolute atomic E-state index is 0. The van der Waals surface area contributed by atoms with Crippen molar-refractivity contribution < 1.29 is 59.4 Å². The molecule has 2 aromatic heterocycles. The van der Waals surface area contributed by atoms with E-state index in [1.165, 1.54) is 24.3 Å². The van der Waals surface area contributed by atoms with Crippen molar-refractivity contribution in [2.75, 3.05) is 32.2 Å². The Hall–Kier alpha value is -3.07. The van der Waals surface area contributed by atoms with E-state index >= 15 is 0 Å². The number of furan rings is 1. The van der Waals surface area contributed by atoms with E-state index in [-0.39, 0.29) is 79.0 Å². The van der Waals surface area contributed by atoms with Crippen LogP contribution in [0.25, 0.3) is 11.1 Å². The first kappa shape index (κ1) is 32.4. The molecule has 0 radical (unpaired) electrons. The van der Waals surface area contributed by atoms with Gasteiger partial charge in [0.1, 0.15) is 6.61 Å². The Morgan fingerprint density at radius 2 is 2.02 bits per heavy atom. The van der Waals surface area contributed by atoms with Gasteiger partial charge in [-0.25, -0.2) is 10.5 Å². The van der Waals surface area contributed by atoms with E-state index in [1.54, 1.807) is 6.92 Å². The van der Waals surface area contributed by atoms with Gasteiger partial charge in [-0.3, -0.25) is 19.3 Å². The quantitative estimate of drug-likeness (QED) is 0.336. The summed E-state index contributed by atoms with van der Waals surface area (Å²) in [5.74, 6) is -1.48. The maximum Gasteiger partial charge on any atom is 2.00 e. The van der Waals surface area contributed by atoms with Crippen LogP contribution in [0.3, 0.4) is 0 Å². The second-order valence-corrected chi connectivity index (χ2v) is 9.85. The van der Waals surface area contributed by atoms with Gasteiger partial charge in [-0.15, -0.1) is 0 Å². The van der Waals surface area contributed by atoms with Crippen molar-refractivity contribution in [2.24, 2.45) is 0 Å². The molecule has 0 aliphatic carbocycles. The number of nitrogens with zero attached hydrogens (tertiary/aromatic N) is 2. The summed E-state index contributed by atoms with van der Waals surface area (Å²) < 4.78 is 17.3. The van der Waals surface area contributed by atoms with Gasteiger partial charge in [-0.1, -0.05) is 32.9 Å². The molecule has 1 atom stereocenters. The molecule has 12 heteroatoms. The fraction of sp³-hybridized carbons (Fsp3) is 0.379. The molecule has 216 valence electrons. The first-order chi connectivity index (χ1) is 19.0. The minimum atomic E-state index is -1.59. The number of benzene rings is 1. The van der Waals surface area contributed by atoms with Crippen molar-refractivity contribution in [3.8, 4) is 5.75 Å². The van der Waals surface area contributed by atoms with Crippen LogP contribution in [0.2, 0.25) is 0 Å². The normalized spacial score (nSPS) is 17.9. The Balaban J connectivity index is 0.00000151. The molecule has 4 heterocycles. The zero-order chi connectivity index (χ0) is 29.2. The van der Waals surface area contributed by atoms with Crippen molar-refractivity contribution in [1.29, 1.82) is 0 Å². The van der Waals surface area contributed by atoms with Crippen molar-refractivity contribution in [1.82, 2.24) is 20.5 Å². The monoisotopic (exact) mass is 787 g/mol. The zero-order valence-electron chi connectivity index (χ0n) is 24.0. The third kappa shape index (κ3) is 6.25. The number of hydrogen-bond donors (Lipinski definition) is 3. The van der Waals surface area contributed by atoms with Crippen LogP contribution in [0.15, 0.2) is 34.9 Å². The molecule has 0 saturated carbocycles. The third-order valence-electron chi connectivity index (χ3n) is 6.56. The van der Waals surface area contributed by atoms with Crippen LogP contribution in [-0.2, 0) is 16.1 Å². The maximum absolute atomic E-state index is 14.0. The van der Waals surface area contributed by atoms with Crippen LogP contribution >= 0.6 is 0 Å². The molecule has 11 nitrogen and oxygen atoms in total. The van der Waals surface area contributed by atoms with Gasteiger partial charge in [0.15, 0.2) is 16.8 Å². The molecule has 41 heavy (non-hydrogen) atoms. The van der Waals surface area contributed by atoms with Gasteiger partial charge in [0.25, 0.3) is 11.8 Å². The summed E-state index contributed by atoms with van der Waals surface area (Å²) in [5, 5.41) is 8.89. The fourth-order valence-corrected chi connectivity index (χ4v) is 4.67. The maximum atomic E-state index is 14.0. The van der Waals surface area contributed by atoms with Crippen LogP contribution in [-0.4, -0.2) is 65.7 Å². The summed E-state index contributed by atoms with van der Waals surface area (Å²) in [6.07, 6.45) is 1.35. The van der Waals surface area contributed by atoms with E-state index in [2.05, 4.69) is 34.8 Å². The first-order valence-corrected chi connectivity index (χ1v) is 13.1. The van der Waals surface area contributed by atoms with E-state index in [4.69, 9.17) is 13.9 Å². The number of anilines is 1. The van der Waals surface area contributed by atoms with E-state index in [0.29, 0.717) is 12.2 Å². The molecule has 0 bridgehead atoms. The number of rotatable bonds is 5. The standard InChI is InChI=1S/C27H29N5O6.C2H6.U/c1-15-7-6-8-18-17(15)13-29-25(35)27(30-18)14-37-21-20-19(38-22(21)24(34)32(27)9-10-36-5)11-16(12-28-20)23(33)31-26(2,3)4;1-2;/h6-8,11-12,30H,2-3,9-10,13-14H2,1,4-5H3,(H,29,35)(H,31,33);1-2H3;/q-2;;+2. The molecule has 3 aromatic rings. The van der Waals surface area contributed by atoms with Gasteiger partial charge in [0, 0.05) is 32.1 Å². The molecule has 1 aromatic carbocycles. The number of hydrogen-bond acceptors (Lipinski definition) is 8. The number of ether oxygens (including phenoxy) is 2. The number of aromatic nitrogens is 1. The van der Waals surface area contributed by atoms with Crippen molar-refractivity contribution in [3.05, 3.63) is 66.8 Å². The van der Waals surface area contributed by atoms with E-state index in [0.717, 1.165) is 11.1 Å². The molecule has 0 saturated heterocycles. The zero-order valence-corrected chi connectivity index (χ0v) is 28.1. The van der Waals surface area contributed by atoms with Crippen molar-refractivity contribution in [2.45, 2.75) is 45.4 Å². The summed E-state index contributed by atoms with van der Waals surface area (Å²) in [6, 6.07) is 7.17. The van der Waals surface area contributed by atoms with Crippen LogP contribution in [0, 0.1) is 51.9 Å². The Bertz CT molecular complexity index is 1450. The Labute approximate surface area is 263 Å². The second kappa shape index (κ2) is 12.8. The summed E-state index contributed by atoms with van der Waals surface area (Å²) >= 11 is 0. The predicted octanol–water partition coefficient (Wildman–Crippen LogP) is 3.24. The number of aryl methyl sites for hydroxylation is 1. The van der Waals surface area contributed by atoms with Crippen molar-refractivity contribution >= 4 is 34.5 Å². The molecule has 1 spiro atoms. The largest absolute Gasteiger partial charge is 2.00 e. The summed E-state index contributed by atoms with van der Waals surface area (Å²) in [5.41, 5.74) is 0.741. The van der Waals surface area contributed by atoms with E-state index < -0.39 is 28.9 Å². The number of carbonyl (C=O) groups is 3. The van der Waals surface area contributed by atoms with Crippen molar-refractivity contribution in [3.63, 3.8) is 0 Å². The van der Waals surface area contributed by atoms with Crippen LogP contribution in [0.1, 0.15) is 52.8 Å². The molecular formula is C29H35N5O6U. The van der Waals surface area contributed by atoms with Crippen LogP contribution in [0.4, 0.5) is 5.69 Å². The Morgan fingerprint density at radius 1 is 1.29 bits per heavy atom. The van der Waals surface area contributed by atoms with Gasteiger partial charge in [-0.05, 0) is 30.2 Å². The smallest absolute Gasteiger partial charge is 0.482 e. The number of nitrogens with one attached hydrogen (secondary N) is 3.